The summed E-state index contributed by atoms with van der Waals surface area (Å²) in [6.07, 6.45) is 0. The van der Waals surface area contributed by atoms with Crippen LogP contribution in [0.25, 0.3) is 11.0 Å². The minimum atomic E-state index is -0.251. The van der Waals surface area contributed by atoms with E-state index < -0.39 is 0 Å². The third kappa shape index (κ3) is 3.16. The molecule has 0 saturated carbocycles. The first-order chi connectivity index (χ1) is 11.5. The van der Waals surface area contributed by atoms with E-state index in [2.05, 4.69) is 10.3 Å². The van der Waals surface area contributed by atoms with Gasteiger partial charge in [-0.3, -0.25) is 14.2 Å². The normalized spacial score (nSPS) is 10.8. The number of amides is 1. The average Bonchev–Trinajstić information content (AvgIpc) is 2.89. The van der Waals surface area contributed by atoms with Gasteiger partial charge in [-0.1, -0.05) is 41.6 Å². The summed E-state index contributed by atoms with van der Waals surface area (Å²) in [7, 11) is 0. The summed E-state index contributed by atoms with van der Waals surface area (Å²) in [5.74, 6) is -0.411. The number of anilines is 1. The lowest BCUT2D eigenvalue weighted by molar-refractivity contribution is -0.114. The summed E-state index contributed by atoms with van der Waals surface area (Å²) in [5, 5.41) is 3.59. The molecule has 0 fully saturated rings. The van der Waals surface area contributed by atoms with Crippen LogP contribution < -0.4 is 5.32 Å². The molecule has 3 rings (SSSR count). The molecule has 7 heteroatoms. The molecule has 0 aliphatic rings. The van der Waals surface area contributed by atoms with Crippen molar-refractivity contribution in [2.75, 3.05) is 5.32 Å². The standard InChI is InChI=1S/C17H14ClN3O2S/c1-10(22)19-15-13(18)8-9-14-16(15)20-17(21(14)11(2)23)24-12-6-4-3-5-7-12/h3-9H,1-2H3,(H,19,22). The summed E-state index contributed by atoms with van der Waals surface area (Å²) in [6, 6.07) is 13.0. The minimum absolute atomic E-state index is 0.160. The minimum Gasteiger partial charge on any atom is -0.323 e. The molecule has 122 valence electrons. The van der Waals surface area contributed by atoms with Crippen molar-refractivity contribution in [1.82, 2.24) is 9.55 Å². The number of rotatable bonds is 3. The van der Waals surface area contributed by atoms with Gasteiger partial charge >= 0.3 is 0 Å². The second kappa shape index (κ2) is 6.67. The second-order valence-corrected chi connectivity index (χ2v) is 6.58. The van der Waals surface area contributed by atoms with Crippen LogP contribution in [0, 0.1) is 0 Å². The Morgan fingerprint density at radius 3 is 2.46 bits per heavy atom. The zero-order chi connectivity index (χ0) is 17.3. The number of aromatic nitrogens is 2. The van der Waals surface area contributed by atoms with Crippen LogP contribution in [-0.4, -0.2) is 21.4 Å². The van der Waals surface area contributed by atoms with Gasteiger partial charge in [0.1, 0.15) is 5.52 Å². The molecule has 2 aromatic carbocycles. The van der Waals surface area contributed by atoms with Crippen LogP contribution in [0.4, 0.5) is 5.69 Å². The maximum Gasteiger partial charge on any atom is 0.230 e. The van der Waals surface area contributed by atoms with Crippen LogP contribution in [0.2, 0.25) is 5.02 Å². The first-order valence-electron chi connectivity index (χ1n) is 7.19. The molecule has 5 nitrogen and oxygen atoms in total. The fourth-order valence-corrected chi connectivity index (χ4v) is 3.52. The molecule has 1 amide bonds. The second-order valence-electron chi connectivity index (χ2n) is 5.14. The Hall–Kier alpha value is -2.31. The number of carbonyl (C=O) groups excluding carboxylic acids is 2. The van der Waals surface area contributed by atoms with Crippen LogP contribution in [0.1, 0.15) is 18.6 Å². The van der Waals surface area contributed by atoms with Crippen LogP contribution in [0.3, 0.4) is 0 Å². The molecule has 1 heterocycles. The lowest BCUT2D eigenvalue weighted by Gasteiger charge is -2.06. The quantitative estimate of drug-likeness (QED) is 0.749. The molecule has 0 radical (unpaired) electrons. The molecule has 1 N–H and O–H groups in total. The number of imidazole rings is 1. The average molecular weight is 360 g/mol. The molecule has 3 aromatic rings. The van der Waals surface area contributed by atoms with Gasteiger partial charge < -0.3 is 5.32 Å². The number of nitrogens with zero attached hydrogens (tertiary/aromatic N) is 2. The molecular formula is C17H14ClN3O2S. The fourth-order valence-electron chi connectivity index (χ4n) is 2.36. The molecule has 24 heavy (non-hydrogen) atoms. The Bertz CT molecular complexity index is 938. The third-order valence-corrected chi connectivity index (χ3v) is 4.59. The van der Waals surface area contributed by atoms with Gasteiger partial charge in [0.05, 0.1) is 16.2 Å². The van der Waals surface area contributed by atoms with Gasteiger partial charge in [-0.25, -0.2) is 4.98 Å². The van der Waals surface area contributed by atoms with E-state index in [4.69, 9.17) is 11.6 Å². The Morgan fingerprint density at radius 1 is 1.12 bits per heavy atom. The molecule has 0 spiro atoms. The predicted molar refractivity (Wildman–Crippen MR) is 95.9 cm³/mol. The molecule has 0 bridgehead atoms. The highest BCUT2D eigenvalue weighted by Gasteiger charge is 2.19. The van der Waals surface area contributed by atoms with E-state index in [1.807, 2.05) is 30.3 Å². The molecule has 0 atom stereocenters. The summed E-state index contributed by atoms with van der Waals surface area (Å²) in [4.78, 5) is 29.1. The van der Waals surface area contributed by atoms with Crippen LogP contribution in [-0.2, 0) is 4.79 Å². The van der Waals surface area contributed by atoms with Crippen molar-refractivity contribution in [3.05, 3.63) is 47.5 Å². The van der Waals surface area contributed by atoms with E-state index in [9.17, 15) is 9.59 Å². The lowest BCUT2D eigenvalue weighted by atomic mass is 10.2. The smallest absolute Gasteiger partial charge is 0.230 e. The van der Waals surface area contributed by atoms with E-state index in [1.54, 1.807) is 12.1 Å². The van der Waals surface area contributed by atoms with Gasteiger partial charge in [0.2, 0.25) is 11.8 Å². The fraction of sp³-hybridized carbons (Fsp3) is 0.118. The van der Waals surface area contributed by atoms with Crippen LogP contribution >= 0.6 is 23.4 Å². The third-order valence-electron chi connectivity index (χ3n) is 3.31. The maximum atomic E-state index is 12.1. The van der Waals surface area contributed by atoms with Gasteiger partial charge in [0, 0.05) is 18.7 Å². The zero-order valence-corrected chi connectivity index (χ0v) is 14.6. The molecule has 1 aromatic heterocycles. The first-order valence-corrected chi connectivity index (χ1v) is 8.39. The van der Waals surface area contributed by atoms with Gasteiger partial charge in [0.15, 0.2) is 5.16 Å². The number of benzene rings is 2. The molecule has 0 aliphatic heterocycles. The summed E-state index contributed by atoms with van der Waals surface area (Å²) >= 11 is 7.57. The monoisotopic (exact) mass is 359 g/mol. The largest absolute Gasteiger partial charge is 0.323 e. The van der Waals surface area contributed by atoms with Gasteiger partial charge in [-0.05, 0) is 24.3 Å². The first kappa shape index (κ1) is 16.5. The number of nitrogens with one attached hydrogen (secondary N) is 1. The number of halogens is 1. The Kier molecular flexibility index (Phi) is 4.59. The van der Waals surface area contributed by atoms with Crippen molar-refractivity contribution in [2.45, 2.75) is 23.9 Å². The molecule has 0 saturated heterocycles. The lowest BCUT2D eigenvalue weighted by Crippen LogP contribution is -2.08. The number of hydrogen-bond donors (Lipinski definition) is 1. The van der Waals surface area contributed by atoms with Gasteiger partial charge in [0.25, 0.3) is 0 Å². The highest BCUT2D eigenvalue weighted by Crippen LogP contribution is 2.36. The highest BCUT2D eigenvalue weighted by molar-refractivity contribution is 7.99. The van der Waals surface area contributed by atoms with Crippen molar-refractivity contribution < 1.29 is 9.59 Å². The van der Waals surface area contributed by atoms with Crippen molar-refractivity contribution in [2.24, 2.45) is 0 Å². The predicted octanol–water partition coefficient (Wildman–Crippen LogP) is 4.46. The van der Waals surface area contributed by atoms with Crippen LogP contribution in [0.5, 0.6) is 0 Å². The van der Waals surface area contributed by atoms with E-state index in [-0.39, 0.29) is 11.8 Å². The van der Waals surface area contributed by atoms with Crippen molar-refractivity contribution in [1.29, 1.82) is 0 Å². The Balaban J connectivity index is 2.20. The summed E-state index contributed by atoms with van der Waals surface area (Å²) in [5.41, 5.74) is 1.51. The molecular weight excluding hydrogens is 346 g/mol. The molecule has 0 aliphatic carbocycles. The summed E-state index contributed by atoms with van der Waals surface area (Å²) in [6.45, 7) is 2.87. The maximum absolute atomic E-state index is 12.1. The highest BCUT2D eigenvalue weighted by atomic mass is 35.5. The Morgan fingerprint density at radius 2 is 1.83 bits per heavy atom. The number of hydrogen-bond acceptors (Lipinski definition) is 4. The van der Waals surface area contributed by atoms with Gasteiger partial charge in [-0.2, -0.15) is 0 Å². The topological polar surface area (TPSA) is 64.0 Å². The Labute approximate surface area is 148 Å². The van der Waals surface area contributed by atoms with E-state index >= 15 is 0 Å². The SMILES string of the molecule is CC(=O)Nc1c(Cl)ccc2c1nc(Sc1ccccc1)n2C(C)=O. The summed E-state index contributed by atoms with van der Waals surface area (Å²) < 4.78 is 1.52. The van der Waals surface area contributed by atoms with E-state index in [0.29, 0.717) is 26.9 Å². The van der Waals surface area contributed by atoms with Crippen LogP contribution in [0.15, 0.2) is 52.5 Å². The molecule has 0 unspecified atom stereocenters. The zero-order valence-electron chi connectivity index (χ0n) is 13.0. The van der Waals surface area contributed by atoms with Gasteiger partial charge in [-0.15, -0.1) is 0 Å². The van der Waals surface area contributed by atoms with E-state index in [1.165, 1.54) is 30.2 Å². The van der Waals surface area contributed by atoms with Crippen molar-refractivity contribution in [3.8, 4) is 0 Å². The van der Waals surface area contributed by atoms with Crippen molar-refractivity contribution in [3.63, 3.8) is 0 Å². The van der Waals surface area contributed by atoms with E-state index in [0.717, 1.165) is 4.90 Å². The number of fused-ring (bicyclic) bond motifs is 1. The number of carbonyl (C=O) groups is 2. The van der Waals surface area contributed by atoms with Crippen molar-refractivity contribution >= 4 is 51.9 Å².